The van der Waals surface area contributed by atoms with E-state index in [1.54, 1.807) is 19.1 Å². The molecule has 7 nitrogen and oxygen atoms in total. The summed E-state index contributed by atoms with van der Waals surface area (Å²) in [5.41, 5.74) is 3.07. The lowest BCUT2D eigenvalue weighted by molar-refractivity contribution is -0.139. The monoisotopic (exact) mass is 569 g/mol. The lowest BCUT2D eigenvalue weighted by atomic mass is 10.1. The van der Waals surface area contributed by atoms with Gasteiger partial charge in [0.25, 0.3) is 10.0 Å². The molecule has 0 bridgehead atoms. The van der Waals surface area contributed by atoms with E-state index in [9.17, 15) is 18.0 Å². The first kappa shape index (κ1) is 30.2. The number of anilines is 1. The number of aryl methyl sites for hydroxylation is 2. The summed E-state index contributed by atoms with van der Waals surface area (Å²) in [4.78, 5) is 28.4. The fourth-order valence-corrected chi connectivity index (χ4v) is 5.49. The van der Waals surface area contributed by atoms with Gasteiger partial charge in [-0.3, -0.25) is 13.9 Å². The van der Waals surface area contributed by atoms with Crippen LogP contribution in [0.4, 0.5) is 5.69 Å². The van der Waals surface area contributed by atoms with Crippen LogP contribution in [0.1, 0.15) is 37.5 Å². The fourth-order valence-electron chi connectivity index (χ4n) is 3.96. The van der Waals surface area contributed by atoms with Gasteiger partial charge in [0.1, 0.15) is 12.6 Å². The SMILES string of the molecule is Cc1ccc(N(CC(=O)N(Cc2ccccc2)[C@@H](C)C(=O)NCC(C)C)S(=O)(=O)c2ccc(Cl)cc2)cc1C. The Labute approximate surface area is 236 Å². The normalized spacial score (nSPS) is 12.2. The van der Waals surface area contributed by atoms with Crippen molar-refractivity contribution in [3.63, 3.8) is 0 Å². The Balaban J connectivity index is 2.02. The highest BCUT2D eigenvalue weighted by Gasteiger charge is 2.32. The van der Waals surface area contributed by atoms with Crippen molar-refractivity contribution in [3.05, 3.63) is 94.5 Å². The van der Waals surface area contributed by atoms with E-state index in [1.165, 1.54) is 29.2 Å². The van der Waals surface area contributed by atoms with Crippen molar-refractivity contribution in [1.82, 2.24) is 10.2 Å². The molecule has 3 aromatic carbocycles. The lowest BCUT2D eigenvalue weighted by Crippen LogP contribution is -2.51. The molecule has 2 amide bonds. The molecule has 0 radical (unpaired) electrons. The summed E-state index contributed by atoms with van der Waals surface area (Å²) in [5.74, 6) is -0.558. The molecule has 1 N–H and O–H groups in total. The Hall–Kier alpha value is -3.36. The summed E-state index contributed by atoms with van der Waals surface area (Å²) < 4.78 is 28.8. The fraction of sp³-hybridized carbons (Fsp3) is 0.333. The second-order valence-electron chi connectivity index (χ2n) is 10.1. The number of sulfonamides is 1. The first-order valence-corrected chi connectivity index (χ1v) is 14.7. The molecule has 39 heavy (non-hydrogen) atoms. The molecule has 1 atom stereocenters. The minimum Gasteiger partial charge on any atom is -0.354 e. The van der Waals surface area contributed by atoms with Crippen LogP contribution in [-0.2, 0) is 26.2 Å². The van der Waals surface area contributed by atoms with Crippen LogP contribution in [0.5, 0.6) is 0 Å². The van der Waals surface area contributed by atoms with E-state index >= 15 is 0 Å². The van der Waals surface area contributed by atoms with E-state index in [2.05, 4.69) is 5.32 Å². The van der Waals surface area contributed by atoms with Crippen LogP contribution in [0.3, 0.4) is 0 Å². The van der Waals surface area contributed by atoms with Gasteiger partial charge < -0.3 is 10.2 Å². The number of halogens is 1. The van der Waals surface area contributed by atoms with Gasteiger partial charge in [0.15, 0.2) is 0 Å². The van der Waals surface area contributed by atoms with Crippen LogP contribution >= 0.6 is 11.6 Å². The largest absolute Gasteiger partial charge is 0.354 e. The Kier molecular flexibility index (Phi) is 10.2. The van der Waals surface area contributed by atoms with Crippen molar-refractivity contribution in [2.45, 2.75) is 52.1 Å². The second kappa shape index (κ2) is 13.1. The van der Waals surface area contributed by atoms with Gasteiger partial charge in [0, 0.05) is 18.1 Å². The molecule has 0 fully saturated rings. The summed E-state index contributed by atoms with van der Waals surface area (Å²) in [5, 5.41) is 3.29. The van der Waals surface area contributed by atoms with E-state index in [0.29, 0.717) is 17.3 Å². The predicted octanol–water partition coefficient (Wildman–Crippen LogP) is 5.34. The van der Waals surface area contributed by atoms with Gasteiger partial charge in [-0.05, 0) is 79.8 Å². The number of hydrogen-bond acceptors (Lipinski definition) is 4. The quantitative estimate of drug-likeness (QED) is 0.338. The zero-order chi connectivity index (χ0) is 28.7. The molecule has 0 saturated carbocycles. The molecule has 0 aliphatic heterocycles. The van der Waals surface area contributed by atoms with Gasteiger partial charge in [-0.15, -0.1) is 0 Å². The highest BCUT2D eigenvalue weighted by Crippen LogP contribution is 2.27. The third-order valence-corrected chi connectivity index (χ3v) is 8.55. The molecular formula is C30H36ClN3O4S. The first-order chi connectivity index (χ1) is 18.4. The smallest absolute Gasteiger partial charge is 0.264 e. The van der Waals surface area contributed by atoms with E-state index in [1.807, 2.05) is 64.1 Å². The van der Waals surface area contributed by atoms with Crippen molar-refractivity contribution in [2.24, 2.45) is 5.92 Å². The zero-order valence-corrected chi connectivity index (χ0v) is 24.6. The second-order valence-corrected chi connectivity index (χ2v) is 12.4. The summed E-state index contributed by atoms with van der Waals surface area (Å²) in [6.07, 6.45) is 0. The maximum absolute atomic E-state index is 13.9. The number of carbonyl (C=O) groups excluding carboxylic acids is 2. The van der Waals surface area contributed by atoms with Crippen molar-refractivity contribution in [3.8, 4) is 0 Å². The summed E-state index contributed by atoms with van der Waals surface area (Å²) >= 11 is 6.00. The summed E-state index contributed by atoms with van der Waals surface area (Å²) in [7, 11) is -4.14. The first-order valence-electron chi connectivity index (χ1n) is 12.9. The number of nitrogens with one attached hydrogen (secondary N) is 1. The lowest BCUT2D eigenvalue weighted by Gasteiger charge is -2.32. The molecule has 3 aromatic rings. The third-order valence-electron chi connectivity index (χ3n) is 6.51. The number of rotatable bonds is 11. The minimum atomic E-state index is -4.14. The van der Waals surface area contributed by atoms with Crippen molar-refractivity contribution in [1.29, 1.82) is 0 Å². The van der Waals surface area contributed by atoms with E-state index in [0.717, 1.165) is 21.0 Å². The topological polar surface area (TPSA) is 86.8 Å². The highest BCUT2D eigenvalue weighted by atomic mass is 35.5. The number of nitrogens with zero attached hydrogens (tertiary/aromatic N) is 2. The molecule has 0 aliphatic carbocycles. The molecule has 0 unspecified atom stereocenters. The number of amides is 2. The average molecular weight is 570 g/mol. The van der Waals surface area contributed by atoms with Gasteiger partial charge in [-0.2, -0.15) is 0 Å². The highest BCUT2D eigenvalue weighted by molar-refractivity contribution is 7.92. The molecule has 208 valence electrons. The molecule has 0 spiro atoms. The number of benzene rings is 3. The van der Waals surface area contributed by atoms with Crippen LogP contribution in [0.15, 0.2) is 77.7 Å². The predicted molar refractivity (Wildman–Crippen MR) is 156 cm³/mol. The standard InChI is InChI=1S/C30H36ClN3O4S/c1-21(2)18-32-30(36)24(5)33(19-25-9-7-6-8-10-25)29(35)20-34(27-14-11-22(3)23(4)17-27)39(37,38)28-15-12-26(31)13-16-28/h6-17,21,24H,18-20H2,1-5H3,(H,32,36)/t24-/m0/s1. The van der Waals surface area contributed by atoms with Crippen LogP contribution < -0.4 is 9.62 Å². The Morgan fingerprint density at radius 1 is 0.897 bits per heavy atom. The average Bonchev–Trinajstić information content (AvgIpc) is 2.90. The van der Waals surface area contributed by atoms with Gasteiger partial charge >= 0.3 is 0 Å². The van der Waals surface area contributed by atoms with Gasteiger partial charge in [0.2, 0.25) is 11.8 Å². The van der Waals surface area contributed by atoms with E-state index in [4.69, 9.17) is 11.6 Å². The van der Waals surface area contributed by atoms with Crippen LogP contribution in [-0.4, -0.2) is 44.3 Å². The minimum absolute atomic E-state index is 0.00950. The maximum Gasteiger partial charge on any atom is 0.264 e. The molecule has 0 aliphatic rings. The van der Waals surface area contributed by atoms with Crippen LogP contribution in [0.2, 0.25) is 5.02 Å². The molecule has 0 heterocycles. The molecule has 0 saturated heterocycles. The Morgan fingerprint density at radius 3 is 2.13 bits per heavy atom. The Bertz CT molecular complexity index is 1390. The van der Waals surface area contributed by atoms with E-state index in [-0.39, 0.29) is 23.3 Å². The van der Waals surface area contributed by atoms with Crippen molar-refractivity contribution >= 4 is 39.1 Å². The molecular weight excluding hydrogens is 534 g/mol. The molecule has 3 rings (SSSR count). The van der Waals surface area contributed by atoms with Crippen LogP contribution in [0.25, 0.3) is 0 Å². The summed E-state index contributed by atoms with van der Waals surface area (Å²) in [6.45, 7) is 9.58. The Morgan fingerprint density at radius 2 is 1.54 bits per heavy atom. The van der Waals surface area contributed by atoms with Gasteiger partial charge in [-0.1, -0.05) is 61.8 Å². The van der Waals surface area contributed by atoms with Gasteiger partial charge in [-0.25, -0.2) is 8.42 Å². The van der Waals surface area contributed by atoms with Crippen molar-refractivity contribution < 1.29 is 18.0 Å². The van der Waals surface area contributed by atoms with Crippen molar-refractivity contribution in [2.75, 3.05) is 17.4 Å². The molecule has 0 aromatic heterocycles. The number of carbonyl (C=O) groups is 2. The van der Waals surface area contributed by atoms with E-state index < -0.39 is 28.5 Å². The van der Waals surface area contributed by atoms with Gasteiger partial charge in [0.05, 0.1) is 10.6 Å². The van der Waals surface area contributed by atoms with Crippen LogP contribution in [0, 0.1) is 19.8 Å². The summed E-state index contributed by atoms with van der Waals surface area (Å²) in [6, 6.07) is 19.6. The zero-order valence-electron chi connectivity index (χ0n) is 23.0. The number of hydrogen-bond donors (Lipinski definition) is 1. The maximum atomic E-state index is 13.9. The molecule has 9 heteroatoms. The third kappa shape index (κ3) is 7.83.